The van der Waals surface area contributed by atoms with E-state index in [0.29, 0.717) is 6.54 Å². The van der Waals surface area contributed by atoms with Crippen LogP contribution in [0, 0.1) is 5.92 Å². The van der Waals surface area contributed by atoms with Crippen LogP contribution in [0.1, 0.15) is 46.0 Å². The van der Waals surface area contributed by atoms with E-state index in [-0.39, 0.29) is 24.3 Å². The van der Waals surface area contributed by atoms with Crippen LogP contribution in [0.2, 0.25) is 0 Å². The summed E-state index contributed by atoms with van der Waals surface area (Å²) in [5.41, 5.74) is 0. The smallest absolute Gasteiger partial charge is 0.305 e. The Labute approximate surface area is 96.6 Å². The van der Waals surface area contributed by atoms with Gasteiger partial charge >= 0.3 is 5.97 Å². The molecule has 1 N–H and O–H groups in total. The molecule has 1 rings (SSSR count). The molecule has 1 unspecified atom stereocenters. The topological polar surface area (TPSA) is 57.6 Å². The Balaban J connectivity index is 2.57. The zero-order valence-electron chi connectivity index (χ0n) is 10.1. The number of carboxylic acid groups (broad SMARTS) is 1. The number of carboxylic acids is 1. The minimum Gasteiger partial charge on any atom is -0.481 e. The fourth-order valence-electron chi connectivity index (χ4n) is 2.45. The van der Waals surface area contributed by atoms with Gasteiger partial charge in [-0.15, -0.1) is 0 Å². The third-order valence-corrected chi connectivity index (χ3v) is 3.33. The maximum Gasteiger partial charge on any atom is 0.305 e. The molecule has 4 heteroatoms. The average molecular weight is 227 g/mol. The fourth-order valence-corrected chi connectivity index (χ4v) is 2.45. The van der Waals surface area contributed by atoms with Crippen LogP contribution >= 0.6 is 0 Å². The van der Waals surface area contributed by atoms with Gasteiger partial charge in [0.25, 0.3) is 0 Å². The molecule has 1 aliphatic rings. The van der Waals surface area contributed by atoms with Gasteiger partial charge in [0.1, 0.15) is 0 Å². The minimum absolute atomic E-state index is 0.0340. The summed E-state index contributed by atoms with van der Waals surface area (Å²) < 4.78 is 0. The molecule has 0 spiro atoms. The molecule has 1 atom stereocenters. The van der Waals surface area contributed by atoms with E-state index in [4.69, 9.17) is 5.11 Å². The van der Waals surface area contributed by atoms with E-state index >= 15 is 0 Å². The maximum atomic E-state index is 12.1. The first kappa shape index (κ1) is 13.0. The Bertz CT molecular complexity index is 259. The second-order valence-electron chi connectivity index (χ2n) is 4.55. The van der Waals surface area contributed by atoms with Gasteiger partial charge in [0.15, 0.2) is 0 Å². The lowest BCUT2D eigenvalue weighted by molar-refractivity contribution is -0.142. The molecule has 0 aromatic rings. The Kier molecular flexibility index (Phi) is 4.77. The summed E-state index contributed by atoms with van der Waals surface area (Å²) in [4.78, 5) is 24.5. The molecule has 0 aromatic carbocycles. The Morgan fingerprint density at radius 2 is 1.94 bits per heavy atom. The van der Waals surface area contributed by atoms with Crippen LogP contribution in [0.15, 0.2) is 0 Å². The average Bonchev–Trinajstić information content (AvgIpc) is 2.69. The molecular formula is C12H21NO3. The van der Waals surface area contributed by atoms with Crippen LogP contribution in [0.4, 0.5) is 0 Å². The number of amides is 1. The van der Waals surface area contributed by atoms with E-state index in [0.717, 1.165) is 25.7 Å². The number of rotatable bonds is 5. The molecule has 1 amide bonds. The van der Waals surface area contributed by atoms with Gasteiger partial charge in [-0.05, 0) is 26.7 Å². The molecule has 0 radical (unpaired) electrons. The number of hydrogen-bond acceptors (Lipinski definition) is 2. The van der Waals surface area contributed by atoms with Gasteiger partial charge in [0.05, 0.1) is 6.42 Å². The third kappa shape index (κ3) is 3.22. The van der Waals surface area contributed by atoms with E-state index in [9.17, 15) is 9.59 Å². The first-order chi connectivity index (χ1) is 7.56. The predicted molar refractivity (Wildman–Crippen MR) is 61.1 cm³/mol. The second kappa shape index (κ2) is 5.87. The summed E-state index contributed by atoms with van der Waals surface area (Å²) in [6.45, 7) is 4.32. The van der Waals surface area contributed by atoms with Crippen molar-refractivity contribution in [3.05, 3.63) is 0 Å². The van der Waals surface area contributed by atoms with Gasteiger partial charge in [0.2, 0.25) is 5.91 Å². The number of carbonyl (C=O) groups excluding carboxylic acids is 1. The highest BCUT2D eigenvalue weighted by atomic mass is 16.4. The summed E-state index contributed by atoms with van der Waals surface area (Å²) in [5.74, 6) is -0.560. The van der Waals surface area contributed by atoms with Crippen LogP contribution in [0.25, 0.3) is 0 Å². The van der Waals surface area contributed by atoms with Gasteiger partial charge < -0.3 is 10.0 Å². The maximum absolute atomic E-state index is 12.1. The lowest BCUT2D eigenvalue weighted by Crippen LogP contribution is -2.42. The van der Waals surface area contributed by atoms with Crippen molar-refractivity contribution in [3.63, 3.8) is 0 Å². The summed E-state index contributed by atoms with van der Waals surface area (Å²) in [7, 11) is 0. The molecule has 0 aliphatic heterocycles. The highest BCUT2D eigenvalue weighted by molar-refractivity contribution is 5.80. The van der Waals surface area contributed by atoms with Crippen LogP contribution in [-0.4, -0.2) is 34.5 Å². The third-order valence-electron chi connectivity index (χ3n) is 3.33. The van der Waals surface area contributed by atoms with E-state index in [1.165, 1.54) is 0 Å². The predicted octanol–water partition coefficient (Wildman–Crippen LogP) is 1.89. The molecule has 16 heavy (non-hydrogen) atoms. The molecule has 4 nitrogen and oxygen atoms in total. The molecule has 0 saturated heterocycles. The molecule has 0 bridgehead atoms. The number of aliphatic carboxylic acids is 1. The zero-order valence-corrected chi connectivity index (χ0v) is 10.1. The first-order valence-corrected chi connectivity index (χ1v) is 6.08. The van der Waals surface area contributed by atoms with Crippen molar-refractivity contribution in [1.82, 2.24) is 4.90 Å². The highest BCUT2D eigenvalue weighted by Crippen LogP contribution is 2.27. The van der Waals surface area contributed by atoms with Crippen LogP contribution in [0.3, 0.4) is 0 Å². The van der Waals surface area contributed by atoms with E-state index in [1.807, 2.05) is 13.8 Å². The second-order valence-corrected chi connectivity index (χ2v) is 4.55. The van der Waals surface area contributed by atoms with Gasteiger partial charge in [-0.3, -0.25) is 9.59 Å². The van der Waals surface area contributed by atoms with Crippen molar-refractivity contribution in [2.45, 2.75) is 52.0 Å². The number of hydrogen-bond donors (Lipinski definition) is 1. The largest absolute Gasteiger partial charge is 0.481 e. The van der Waals surface area contributed by atoms with Crippen molar-refractivity contribution >= 4 is 11.9 Å². The SMILES string of the molecule is CCN(C(=O)C1CCCC1)C(C)CC(=O)O. The molecular weight excluding hydrogens is 206 g/mol. The van der Waals surface area contributed by atoms with E-state index in [1.54, 1.807) is 4.90 Å². The summed E-state index contributed by atoms with van der Waals surface area (Å²) in [5, 5.41) is 8.74. The van der Waals surface area contributed by atoms with Crippen molar-refractivity contribution in [1.29, 1.82) is 0 Å². The Hall–Kier alpha value is -1.06. The summed E-state index contributed by atoms with van der Waals surface area (Å²) >= 11 is 0. The van der Waals surface area contributed by atoms with E-state index in [2.05, 4.69) is 0 Å². The van der Waals surface area contributed by atoms with Crippen molar-refractivity contribution in [2.24, 2.45) is 5.92 Å². The summed E-state index contributed by atoms with van der Waals surface area (Å²) in [6, 6.07) is -0.199. The quantitative estimate of drug-likeness (QED) is 0.780. The van der Waals surface area contributed by atoms with Gasteiger partial charge in [-0.1, -0.05) is 12.8 Å². The highest BCUT2D eigenvalue weighted by Gasteiger charge is 2.29. The Morgan fingerprint density at radius 1 is 1.38 bits per heavy atom. The van der Waals surface area contributed by atoms with Gasteiger partial charge in [-0.2, -0.15) is 0 Å². The zero-order chi connectivity index (χ0) is 12.1. The fraction of sp³-hybridized carbons (Fsp3) is 0.833. The lowest BCUT2D eigenvalue weighted by atomic mass is 10.0. The molecule has 1 aliphatic carbocycles. The Morgan fingerprint density at radius 3 is 2.38 bits per heavy atom. The normalized spacial score (nSPS) is 18.4. The lowest BCUT2D eigenvalue weighted by Gasteiger charge is -2.29. The first-order valence-electron chi connectivity index (χ1n) is 6.08. The monoisotopic (exact) mass is 227 g/mol. The van der Waals surface area contributed by atoms with E-state index < -0.39 is 5.97 Å². The standard InChI is InChI=1S/C12H21NO3/c1-3-13(9(2)8-11(14)15)12(16)10-6-4-5-7-10/h9-10H,3-8H2,1-2H3,(H,14,15). The number of carbonyl (C=O) groups is 2. The van der Waals surface area contributed by atoms with Crippen LogP contribution in [0.5, 0.6) is 0 Å². The molecule has 0 aromatic heterocycles. The van der Waals surface area contributed by atoms with Gasteiger partial charge in [0, 0.05) is 18.5 Å². The van der Waals surface area contributed by atoms with Crippen LogP contribution < -0.4 is 0 Å². The molecule has 1 saturated carbocycles. The van der Waals surface area contributed by atoms with Crippen LogP contribution in [-0.2, 0) is 9.59 Å². The molecule has 1 fully saturated rings. The van der Waals surface area contributed by atoms with Crippen molar-refractivity contribution in [3.8, 4) is 0 Å². The summed E-state index contributed by atoms with van der Waals surface area (Å²) in [6.07, 6.45) is 4.22. The minimum atomic E-state index is -0.842. The van der Waals surface area contributed by atoms with Crippen molar-refractivity contribution in [2.75, 3.05) is 6.54 Å². The van der Waals surface area contributed by atoms with Gasteiger partial charge in [-0.25, -0.2) is 0 Å². The number of nitrogens with zero attached hydrogens (tertiary/aromatic N) is 1. The molecule has 92 valence electrons. The van der Waals surface area contributed by atoms with Crippen molar-refractivity contribution < 1.29 is 14.7 Å². The molecule has 0 heterocycles.